The zero-order chi connectivity index (χ0) is 12.0. The SMILES string of the molecule is CC1CC1c1ccc(-c2ncc(I)c(N)n2)o1. The Labute approximate surface area is 113 Å². The number of anilines is 1. The smallest absolute Gasteiger partial charge is 0.197 e. The second kappa shape index (κ2) is 3.97. The van der Waals surface area contributed by atoms with Gasteiger partial charge in [0, 0.05) is 12.1 Å². The zero-order valence-corrected chi connectivity index (χ0v) is 11.5. The van der Waals surface area contributed by atoms with Crippen LogP contribution in [0.3, 0.4) is 0 Å². The van der Waals surface area contributed by atoms with Gasteiger partial charge in [0.05, 0.1) is 3.57 Å². The lowest BCUT2D eigenvalue weighted by atomic mass is 10.3. The van der Waals surface area contributed by atoms with E-state index < -0.39 is 0 Å². The van der Waals surface area contributed by atoms with Gasteiger partial charge in [0.1, 0.15) is 11.6 Å². The Bertz CT molecular complexity index is 567. The maximum absolute atomic E-state index is 5.78. The molecule has 2 unspecified atom stereocenters. The van der Waals surface area contributed by atoms with E-state index in [9.17, 15) is 0 Å². The first kappa shape index (κ1) is 11.0. The Morgan fingerprint density at radius 3 is 2.88 bits per heavy atom. The third-order valence-corrected chi connectivity index (χ3v) is 3.92. The summed E-state index contributed by atoms with van der Waals surface area (Å²) in [5, 5.41) is 0. The van der Waals surface area contributed by atoms with Crippen LogP contribution in [0.15, 0.2) is 22.7 Å². The quantitative estimate of drug-likeness (QED) is 0.853. The first-order valence-electron chi connectivity index (χ1n) is 5.53. The second-order valence-electron chi connectivity index (χ2n) is 4.45. The molecule has 0 aromatic carbocycles. The molecule has 88 valence electrons. The molecule has 2 aromatic rings. The molecule has 17 heavy (non-hydrogen) atoms. The van der Waals surface area contributed by atoms with Gasteiger partial charge >= 0.3 is 0 Å². The third-order valence-electron chi connectivity index (χ3n) is 3.09. The average Bonchev–Trinajstić information content (AvgIpc) is 2.86. The van der Waals surface area contributed by atoms with Gasteiger partial charge in [-0.15, -0.1) is 0 Å². The number of aromatic nitrogens is 2. The molecule has 0 amide bonds. The van der Waals surface area contributed by atoms with Gasteiger partial charge in [0.15, 0.2) is 11.6 Å². The number of nitrogens with two attached hydrogens (primary N) is 1. The van der Waals surface area contributed by atoms with Crippen molar-refractivity contribution in [3.05, 3.63) is 27.7 Å². The summed E-state index contributed by atoms with van der Waals surface area (Å²) in [7, 11) is 0. The molecule has 0 saturated heterocycles. The molecule has 2 atom stereocenters. The number of nitrogen functional groups attached to an aromatic ring is 1. The Balaban J connectivity index is 1.92. The normalized spacial score (nSPS) is 22.7. The van der Waals surface area contributed by atoms with Crippen LogP contribution in [0.25, 0.3) is 11.6 Å². The van der Waals surface area contributed by atoms with E-state index in [-0.39, 0.29) is 0 Å². The van der Waals surface area contributed by atoms with Crippen LogP contribution in [0.2, 0.25) is 0 Å². The molecular formula is C12H12IN3O. The molecule has 1 aliphatic carbocycles. The van der Waals surface area contributed by atoms with Crippen molar-refractivity contribution in [2.45, 2.75) is 19.3 Å². The van der Waals surface area contributed by atoms with Crippen molar-refractivity contribution in [1.29, 1.82) is 0 Å². The molecule has 1 fully saturated rings. The van der Waals surface area contributed by atoms with Gasteiger partial charge in [-0.25, -0.2) is 9.97 Å². The van der Waals surface area contributed by atoms with Crippen LogP contribution in [0, 0.1) is 9.49 Å². The van der Waals surface area contributed by atoms with Crippen molar-refractivity contribution >= 4 is 28.4 Å². The molecule has 0 radical (unpaired) electrons. The summed E-state index contributed by atoms with van der Waals surface area (Å²) in [6.07, 6.45) is 2.92. The lowest BCUT2D eigenvalue weighted by Crippen LogP contribution is -1.97. The van der Waals surface area contributed by atoms with Gasteiger partial charge < -0.3 is 10.2 Å². The molecule has 0 spiro atoms. The lowest BCUT2D eigenvalue weighted by Gasteiger charge is -1.99. The van der Waals surface area contributed by atoms with Crippen molar-refractivity contribution < 1.29 is 4.42 Å². The van der Waals surface area contributed by atoms with E-state index in [1.165, 1.54) is 6.42 Å². The summed E-state index contributed by atoms with van der Waals surface area (Å²) in [6.45, 7) is 2.23. The number of hydrogen-bond donors (Lipinski definition) is 1. The lowest BCUT2D eigenvalue weighted by molar-refractivity contribution is 0.515. The van der Waals surface area contributed by atoms with E-state index in [1.807, 2.05) is 12.1 Å². The Kier molecular flexibility index (Phi) is 2.57. The predicted octanol–water partition coefficient (Wildman–Crippen LogP) is 3.05. The van der Waals surface area contributed by atoms with Crippen molar-refractivity contribution in [2.75, 3.05) is 5.73 Å². The van der Waals surface area contributed by atoms with Gasteiger partial charge in [-0.1, -0.05) is 6.92 Å². The molecule has 2 heterocycles. The standard InChI is InChI=1S/C12H12IN3O/c1-6-4-7(6)9-2-3-10(17-9)12-15-5-8(13)11(14)16-12/h2-3,5-7H,4H2,1H3,(H2,14,15,16). The van der Waals surface area contributed by atoms with Gasteiger partial charge in [0.25, 0.3) is 0 Å². The predicted molar refractivity (Wildman–Crippen MR) is 73.4 cm³/mol. The first-order chi connectivity index (χ1) is 8.15. The van der Waals surface area contributed by atoms with Gasteiger partial charge in [0.2, 0.25) is 0 Å². The molecule has 3 rings (SSSR count). The highest BCUT2D eigenvalue weighted by Crippen LogP contribution is 2.47. The number of hydrogen-bond acceptors (Lipinski definition) is 4. The van der Waals surface area contributed by atoms with Crippen molar-refractivity contribution in [2.24, 2.45) is 5.92 Å². The molecule has 5 heteroatoms. The highest BCUT2D eigenvalue weighted by molar-refractivity contribution is 14.1. The van der Waals surface area contributed by atoms with Crippen molar-refractivity contribution in [3.8, 4) is 11.6 Å². The Morgan fingerprint density at radius 1 is 1.47 bits per heavy atom. The van der Waals surface area contributed by atoms with Crippen LogP contribution in [-0.4, -0.2) is 9.97 Å². The summed E-state index contributed by atoms with van der Waals surface area (Å²) in [5.41, 5.74) is 5.76. The van der Waals surface area contributed by atoms with Crippen LogP contribution in [0.5, 0.6) is 0 Å². The zero-order valence-electron chi connectivity index (χ0n) is 9.35. The summed E-state index contributed by atoms with van der Waals surface area (Å²) < 4.78 is 6.63. The van der Waals surface area contributed by atoms with E-state index in [0.29, 0.717) is 23.3 Å². The maximum Gasteiger partial charge on any atom is 0.197 e. The van der Waals surface area contributed by atoms with Crippen LogP contribution in [-0.2, 0) is 0 Å². The topological polar surface area (TPSA) is 64.9 Å². The summed E-state index contributed by atoms with van der Waals surface area (Å²) in [6, 6.07) is 3.93. The van der Waals surface area contributed by atoms with Crippen molar-refractivity contribution in [1.82, 2.24) is 9.97 Å². The molecule has 1 saturated carbocycles. The fourth-order valence-electron chi connectivity index (χ4n) is 1.89. The van der Waals surface area contributed by atoms with Crippen LogP contribution >= 0.6 is 22.6 Å². The molecule has 1 aliphatic rings. The molecule has 4 nitrogen and oxygen atoms in total. The summed E-state index contributed by atoms with van der Waals surface area (Å²) in [5.74, 6) is 4.09. The molecule has 0 bridgehead atoms. The first-order valence-corrected chi connectivity index (χ1v) is 6.61. The van der Waals surface area contributed by atoms with Crippen LogP contribution in [0.4, 0.5) is 5.82 Å². The van der Waals surface area contributed by atoms with E-state index in [1.54, 1.807) is 6.20 Å². The fraction of sp³-hybridized carbons (Fsp3) is 0.333. The number of halogens is 1. The second-order valence-corrected chi connectivity index (χ2v) is 5.61. The maximum atomic E-state index is 5.78. The fourth-order valence-corrected chi connectivity index (χ4v) is 2.15. The number of furan rings is 1. The molecule has 2 aromatic heterocycles. The van der Waals surface area contributed by atoms with E-state index in [2.05, 4.69) is 39.5 Å². The van der Waals surface area contributed by atoms with Crippen molar-refractivity contribution in [3.63, 3.8) is 0 Å². The van der Waals surface area contributed by atoms with Gasteiger partial charge in [-0.2, -0.15) is 0 Å². The summed E-state index contributed by atoms with van der Waals surface area (Å²) in [4.78, 5) is 8.45. The van der Waals surface area contributed by atoms with Gasteiger partial charge in [-0.05, 0) is 47.1 Å². The van der Waals surface area contributed by atoms with E-state index in [0.717, 1.165) is 15.2 Å². The Hall–Kier alpha value is -1.11. The largest absolute Gasteiger partial charge is 0.457 e. The minimum atomic E-state index is 0.494. The average molecular weight is 341 g/mol. The highest BCUT2D eigenvalue weighted by Gasteiger charge is 2.36. The molecule has 2 N–H and O–H groups in total. The number of nitrogens with zero attached hydrogens (tertiary/aromatic N) is 2. The number of rotatable bonds is 2. The highest BCUT2D eigenvalue weighted by atomic mass is 127. The van der Waals surface area contributed by atoms with Crippen LogP contribution in [0.1, 0.15) is 25.0 Å². The third kappa shape index (κ3) is 2.03. The van der Waals surface area contributed by atoms with E-state index in [4.69, 9.17) is 10.2 Å². The monoisotopic (exact) mass is 341 g/mol. The van der Waals surface area contributed by atoms with Gasteiger partial charge in [-0.3, -0.25) is 0 Å². The minimum absolute atomic E-state index is 0.494. The van der Waals surface area contributed by atoms with Crippen LogP contribution < -0.4 is 5.73 Å². The molecule has 0 aliphatic heterocycles. The summed E-state index contributed by atoms with van der Waals surface area (Å²) >= 11 is 2.11. The van der Waals surface area contributed by atoms with E-state index >= 15 is 0 Å². The Morgan fingerprint density at radius 2 is 2.24 bits per heavy atom. The minimum Gasteiger partial charge on any atom is -0.457 e. The molecular weight excluding hydrogens is 329 g/mol.